The first-order valence-corrected chi connectivity index (χ1v) is 3.90. The number of halogens is 3. The van der Waals surface area contributed by atoms with Crippen LogP contribution in [-0.4, -0.2) is 11.3 Å². The third kappa shape index (κ3) is 2.61. The molecule has 1 N–H and O–H groups in total. The number of alkyl halides is 3. The van der Waals surface area contributed by atoms with E-state index in [-0.39, 0.29) is 11.3 Å². The maximum absolute atomic E-state index is 12.4. The minimum Gasteiger partial charge on any atom is -0.449 e. The summed E-state index contributed by atoms with van der Waals surface area (Å²) in [6.07, 6.45) is -6.15. The summed E-state index contributed by atoms with van der Waals surface area (Å²) >= 11 is 0. The van der Waals surface area contributed by atoms with Gasteiger partial charge in [-0.3, -0.25) is 0 Å². The van der Waals surface area contributed by atoms with E-state index in [1.807, 2.05) is 0 Å². The van der Waals surface area contributed by atoms with Crippen molar-refractivity contribution in [1.29, 1.82) is 0 Å². The first-order valence-electron chi connectivity index (χ1n) is 3.90. The lowest BCUT2D eigenvalue weighted by molar-refractivity contribution is -0.138. The molecule has 1 aromatic carbocycles. The van der Waals surface area contributed by atoms with Crippen LogP contribution in [0, 0.1) is 6.92 Å². The second-order valence-corrected chi connectivity index (χ2v) is 2.79. The molecule has 6 heteroatoms. The molecule has 0 amide bonds. The summed E-state index contributed by atoms with van der Waals surface area (Å²) in [5, 5.41) is 8.28. The minimum absolute atomic E-state index is 0.243. The number of hydrogen-bond donors (Lipinski definition) is 1. The Morgan fingerprint density at radius 1 is 1.40 bits per heavy atom. The largest absolute Gasteiger partial charge is 0.511 e. The molecule has 82 valence electrons. The Bertz CT molecular complexity index is 385. The van der Waals surface area contributed by atoms with Crippen molar-refractivity contribution in [3.63, 3.8) is 0 Å². The van der Waals surface area contributed by atoms with E-state index in [9.17, 15) is 18.0 Å². The molecule has 0 aliphatic rings. The molecular weight excluding hydrogens is 213 g/mol. The maximum Gasteiger partial charge on any atom is 0.511 e. The van der Waals surface area contributed by atoms with Gasteiger partial charge in [-0.15, -0.1) is 0 Å². The van der Waals surface area contributed by atoms with Gasteiger partial charge in [0.1, 0.15) is 5.75 Å². The summed E-state index contributed by atoms with van der Waals surface area (Å²) in [6.45, 7) is 1.15. The smallest absolute Gasteiger partial charge is 0.449 e. The number of benzene rings is 1. The molecule has 15 heavy (non-hydrogen) atoms. The van der Waals surface area contributed by atoms with Crippen LogP contribution in [0.2, 0.25) is 0 Å². The summed E-state index contributed by atoms with van der Waals surface area (Å²) in [7, 11) is 0. The molecule has 0 fully saturated rings. The van der Waals surface area contributed by atoms with Gasteiger partial charge in [0.15, 0.2) is 0 Å². The molecule has 0 radical (unpaired) electrons. The number of carboxylic acid groups (broad SMARTS) is 1. The number of carbonyl (C=O) groups is 1. The Labute approximate surface area is 83.1 Å². The second kappa shape index (κ2) is 3.80. The molecule has 1 rings (SSSR count). The van der Waals surface area contributed by atoms with Crippen LogP contribution in [-0.2, 0) is 6.18 Å². The molecule has 0 aliphatic heterocycles. The summed E-state index contributed by atoms with van der Waals surface area (Å²) in [5.74, 6) is -0.308. The molecule has 0 spiro atoms. The average Bonchev–Trinajstić information content (AvgIpc) is 2.05. The van der Waals surface area contributed by atoms with Crippen LogP contribution in [0.4, 0.5) is 18.0 Å². The fourth-order valence-electron chi connectivity index (χ4n) is 1.13. The van der Waals surface area contributed by atoms with Crippen molar-refractivity contribution in [1.82, 2.24) is 0 Å². The van der Waals surface area contributed by atoms with Crippen molar-refractivity contribution in [2.24, 2.45) is 0 Å². The fraction of sp³-hybridized carbons (Fsp3) is 0.222. The maximum atomic E-state index is 12.4. The van der Waals surface area contributed by atoms with E-state index in [4.69, 9.17) is 5.11 Å². The van der Waals surface area contributed by atoms with Crippen molar-refractivity contribution in [3.8, 4) is 5.75 Å². The first kappa shape index (κ1) is 11.4. The van der Waals surface area contributed by atoms with Crippen LogP contribution >= 0.6 is 0 Å². The third-order valence-corrected chi connectivity index (χ3v) is 1.79. The number of ether oxygens (including phenoxy) is 1. The van der Waals surface area contributed by atoms with E-state index >= 15 is 0 Å². The van der Waals surface area contributed by atoms with Crippen LogP contribution in [0.3, 0.4) is 0 Å². The summed E-state index contributed by atoms with van der Waals surface area (Å²) in [5.41, 5.74) is -1.14. The van der Waals surface area contributed by atoms with Crippen LogP contribution in [0.1, 0.15) is 11.1 Å². The lowest BCUT2D eigenvalue weighted by atomic mass is 10.1. The van der Waals surface area contributed by atoms with Gasteiger partial charge >= 0.3 is 12.3 Å². The van der Waals surface area contributed by atoms with Crippen LogP contribution in [0.15, 0.2) is 18.2 Å². The quantitative estimate of drug-likeness (QED) is 0.584. The number of rotatable bonds is 1. The molecule has 0 bridgehead atoms. The predicted octanol–water partition coefficient (Wildman–Crippen LogP) is 3.07. The first-order chi connectivity index (χ1) is 6.82. The van der Waals surface area contributed by atoms with Crippen LogP contribution < -0.4 is 4.74 Å². The van der Waals surface area contributed by atoms with Gasteiger partial charge in [-0.25, -0.2) is 4.79 Å². The minimum atomic E-state index is -4.51. The normalized spacial score (nSPS) is 11.2. The highest BCUT2D eigenvalue weighted by atomic mass is 19.4. The van der Waals surface area contributed by atoms with Gasteiger partial charge < -0.3 is 9.84 Å². The molecule has 0 saturated heterocycles. The van der Waals surface area contributed by atoms with Gasteiger partial charge in [0.2, 0.25) is 0 Å². The van der Waals surface area contributed by atoms with Gasteiger partial charge in [0, 0.05) is 5.56 Å². The standard InChI is InChI=1S/C9H7F3O3/c1-5-6(9(10,11)12)3-2-4-7(5)15-8(13)14/h2-4H,1H3,(H,13,14). The highest BCUT2D eigenvalue weighted by molar-refractivity contribution is 5.62. The van der Waals surface area contributed by atoms with Crippen LogP contribution in [0.5, 0.6) is 5.75 Å². The summed E-state index contributed by atoms with van der Waals surface area (Å²) in [6, 6.07) is 3.12. The zero-order valence-electron chi connectivity index (χ0n) is 7.63. The Hall–Kier alpha value is -1.72. The zero-order valence-corrected chi connectivity index (χ0v) is 7.63. The van der Waals surface area contributed by atoms with Crippen molar-refractivity contribution in [2.45, 2.75) is 13.1 Å². The molecule has 0 atom stereocenters. The van der Waals surface area contributed by atoms with Crippen molar-refractivity contribution >= 4 is 6.16 Å². The molecule has 1 aromatic rings. The highest BCUT2D eigenvalue weighted by Crippen LogP contribution is 2.35. The molecule has 0 saturated carbocycles. The van der Waals surface area contributed by atoms with E-state index in [1.165, 1.54) is 6.07 Å². The third-order valence-electron chi connectivity index (χ3n) is 1.79. The molecule has 0 heterocycles. The van der Waals surface area contributed by atoms with Crippen molar-refractivity contribution in [3.05, 3.63) is 29.3 Å². The van der Waals surface area contributed by atoms with E-state index in [1.54, 1.807) is 0 Å². The number of hydrogen-bond acceptors (Lipinski definition) is 2. The Balaban J connectivity index is 3.17. The molecule has 3 nitrogen and oxygen atoms in total. The highest BCUT2D eigenvalue weighted by Gasteiger charge is 2.33. The van der Waals surface area contributed by atoms with E-state index in [0.717, 1.165) is 19.1 Å². The van der Waals surface area contributed by atoms with E-state index in [0.29, 0.717) is 0 Å². The lowest BCUT2D eigenvalue weighted by Gasteiger charge is -2.12. The lowest BCUT2D eigenvalue weighted by Crippen LogP contribution is -2.10. The second-order valence-electron chi connectivity index (χ2n) is 2.79. The van der Waals surface area contributed by atoms with Gasteiger partial charge in [0.25, 0.3) is 0 Å². The SMILES string of the molecule is Cc1c(OC(=O)O)cccc1C(F)(F)F. The van der Waals surface area contributed by atoms with Gasteiger partial charge in [0.05, 0.1) is 5.56 Å². The zero-order chi connectivity index (χ0) is 11.6. The monoisotopic (exact) mass is 220 g/mol. The van der Waals surface area contributed by atoms with Gasteiger partial charge in [-0.1, -0.05) is 6.07 Å². The van der Waals surface area contributed by atoms with Crippen LogP contribution in [0.25, 0.3) is 0 Å². The van der Waals surface area contributed by atoms with Crippen molar-refractivity contribution in [2.75, 3.05) is 0 Å². The Morgan fingerprint density at radius 3 is 2.47 bits per heavy atom. The van der Waals surface area contributed by atoms with Gasteiger partial charge in [-0.2, -0.15) is 13.2 Å². The van der Waals surface area contributed by atoms with Crippen molar-refractivity contribution < 1.29 is 27.8 Å². The predicted molar refractivity (Wildman–Crippen MR) is 44.8 cm³/mol. The topological polar surface area (TPSA) is 46.5 Å². The Kier molecular flexibility index (Phi) is 2.88. The molecular formula is C9H7F3O3. The molecule has 0 aliphatic carbocycles. The van der Waals surface area contributed by atoms with E-state index < -0.39 is 17.9 Å². The molecule has 0 aromatic heterocycles. The Morgan fingerprint density at radius 2 is 2.00 bits per heavy atom. The van der Waals surface area contributed by atoms with E-state index in [2.05, 4.69) is 4.74 Å². The fourth-order valence-corrected chi connectivity index (χ4v) is 1.13. The summed E-state index contributed by atoms with van der Waals surface area (Å²) in [4.78, 5) is 10.2. The average molecular weight is 220 g/mol. The van der Waals surface area contributed by atoms with Gasteiger partial charge in [-0.05, 0) is 19.1 Å². The molecule has 0 unspecified atom stereocenters. The summed E-state index contributed by atoms with van der Waals surface area (Å²) < 4.78 is 41.3.